The molecule has 2 amide bonds. The number of nitrogens with one attached hydrogen (secondary N) is 1. The zero-order chi connectivity index (χ0) is 19.9. The molecule has 3 rings (SSSR count). The maximum Gasteiger partial charge on any atom is 0.239 e. The van der Waals surface area contributed by atoms with Crippen LogP contribution in [0.4, 0.5) is 0 Å². The second-order valence-electron chi connectivity index (χ2n) is 7.64. The highest BCUT2D eigenvalue weighted by Crippen LogP contribution is 2.22. The molecule has 1 aromatic carbocycles. The van der Waals surface area contributed by atoms with Gasteiger partial charge >= 0.3 is 0 Å². The van der Waals surface area contributed by atoms with Crippen LogP contribution in [0.1, 0.15) is 31.2 Å². The Labute approximate surface area is 178 Å². The van der Waals surface area contributed by atoms with Gasteiger partial charge in [0.2, 0.25) is 11.8 Å². The normalized spacial score (nSPS) is 19.2. The summed E-state index contributed by atoms with van der Waals surface area (Å²) >= 11 is 0. The van der Waals surface area contributed by atoms with Gasteiger partial charge in [-0.05, 0) is 49.3 Å². The van der Waals surface area contributed by atoms with E-state index in [9.17, 15) is 9.59 Å². The first kappa shape index (κ1) is 23.4. The average Bonchev–Trinajstić information content (AvgIpc) is 2.77. The molecule has 1 unspecified atom stereocenters. The highest BCUT2D eigenvalue weighted by atomic mass is 35.5. The molecule has 162 valence electrons. The van der Waals surface area contributed by atoms with Gasteiger partial charge in [0.05, 0.1) is 13.2 Å². The van der Waals surface area contributed by atoms with Crippen LogP contribution < -0.4 is 15.8 Å². The highest BCUT2D eigenvalue weighted by molar-refractivity contribution is 5.85. The van der Waals surface area contributed by atoms with E-state index in [0.29, 0.717) is 45.7 Å². The number of benzene rings is 1. The van der Waals surface area contributed by atoms with Crippen LogP contribution in [0, 0.1) is 11.8 Å². The van der Waals surface area contributed by atoms with E-state index < -0.39 is 6.04 Å². The predicted molar refractivity (Wildman–Crippen MR) is 113 cm³/mol. The summed E-state index contributed by atoms with van der Waals surface area (Å²) in [7, 11) is 1.63. The van der Waals surface area contributed by atoms with Crippen molar-refractivity contribution in [2.45, 2.75) is 38.3 Å². The molecule has 8 heteroatoms. The summed E-state index contributed by atoms with van der Waals surface area (Å²) in [6.45, 7) is 3.05. The Bertz CT molecular complexity index is 656. The molecule has 2 aliphatic rings. The summed E-state index contributed by atoms with van der Waals surface area (Å²) in [5, 5.41) is 3.00. The fourth-order valence-corrected chi connectivity index (χ4v) is 3.93. The number of carbonyl (C=O) groups excluding carboxylic acids is 2. The third-order valence-corrected chi connectivity index (χ3v) is 5.86. The highest BCUT2D eigenvalue weighted by Gasteiger charge is 2.33. The van der Waals surface area contributed by atoms with Crippen molar-refractivity contribution in [3.05, 3.63) is 29.8 Å². The lowest BCUT2D eigenvalue weighted by Gasteiger charge is -2.35. The van der Waals surface area contributed by atoms with Gasteiger partial charge in [-0.15, -0.1) is 12.4 Å². The van der Waals surface area contributed by atoms with Crippen molar-refractivity contribution in [3.8, 4) is 5.75 Å². The Morgan fingerprint density at radius 2 is 1.79 bits per heavy atom. The first-order valence-electron chi connectivity index (χ1n) is 10.1. The van der Waals surface area contributed by atoms with Crippen LogP contribution in [0.3, 0.4) is 0 Å². The first-order chi connectivity index (χ1) is 13.6. The van der Waals surface area contributed by atoms with E-state index in [0.717, 1.165) is 24.2 Å². The number of hydrogen-bond donors (Lipinski definition) is 2. The molecule has 0 spiro atoms. The number of hydrogen-bond acceptors (Lipinski definition) is 5. The lowest BCUT2D eigenvalue weighted by atomic mass is 9.90. The first-order valence-corrected chi connectivity index (χ1v) is 10.1. The van der Waals surface area contributed by atoms with Crippen LogP contribution in [-0.2, 0) is 20.9 Å². The number of halogens is 1. The monoisotopic (exact) mass is 425 g/mol. The van der Waals surface area contributed by atoms with Crippen molar-refractivity contribution in [2.75, 3.05) is 33.4 Å². The predicted octanol–water partition coefficient (Wildman–Crippen LogP) is 1.73. The fourth-order valence-electron chi connectivity index (χ4n) is 3.93. The van der Waals surface area contributed by atoms with Gasteiger partial charge in [-0.3, -0.25) is 9.59 Å². The van der Waals surface area contributed by atoms with Gasteiger partial charge in [0.15, 0.2) is 0 Å². The third-order valence-electron chi connectivity index (χ3n) is 5.86. The van der Waals surface area contributed by atoms with Crippen molar-refractivity contribution in [3.63, 3.8) is 0 Å². The molecule has 7 nitrogen and oxygen atoms in total. The maximum absolute atomic E-state index is 12.7. The van der Waals surface area contributed by atoms with Gasteiger partial charge in [-0.25, -0.2) is 0 Å². The van der Waals surface area contributed by atoms with Gasteiger partial charge < -0.3 is 25.4 Å². The number of ether oxygens (including phenoxy) is 2. The van der Waals surface area contributed by atoms with Crippen LogP contribution >= 0.6 is 12.4 Å². The zero-order valence-electron chi connectivity index (χ0n) is 17.0. The molecule has 2 saturated heterocycles. The SMILES string of the molecule is COc1ccc(CNC(=O)C2CCN(C(=O)C(N)C3CCOCC3)CC2)cc1.Cl. The quantitative estimate of drug-likeness (QED) is 0.723. The number of carbonyl (C=O) groups is 2. The van der Waals surface area contributed by atoms with Crippen molar-refractivity contribution in [2.24, 2.45) is 17.6 Å². The van der Waals surface area contributed by atoms with Crippen molar-refractivity contribution in [1.29, 1.82) is 0 Å². The van der Waals surface area contributed by atoms with Gasteiger partial charge in [-0.2, -0.15) is 0 Å². The van der Waals surface area contributed by atoms with Crippen LogP contribution in [0.2, 0.25) is 0 Å². The summed E-state index contributed by atoms with van der Waals surface area (Å²) in [6.07, 6.45) is 3.05. The molecule has 29 heavy (non-hydrogen) atoms. The Morgan fingerprint density at radius 1 is 1.17 bits per heavy atom. The second kappa shape index (κ2) is 11.4. The smallest absolute Gasteiger partial charge is 0.239 e. The van der Waals surface area contributed by atoms with Crippen LogP contribution in [0.5, 0.6) is 5.75 Å². The summed E-state index contributed by atoms with van der Waals surface area (Å²) in [5.41, 5.74) is 7.25. The maximum atomic E-state index is 12.7. The standard InChI is InChI=1S/C21H31N3O4.ClH/c1-27-18-4-2-15(3-5-18)14-23-20(25)17-6-10-24(11-7-17)21(26)19(22)16-8-12-28-13-9-16;/h2-5,16-17,19H,6-14,22H2,1H3,(H,23,25);1H. The van der Waals surface area contributed by atoms with Crippen LogP contribution in [0.15, 0.2) is 24.3 Å². The van der Waals surface area contributed by atoms with E-state index in [2.05, 4.69) is 5.32 Å². The molecule has 2 heterocycles. The molecular weight excluding hydrogens is 394 g/mol. The number of piperidine rings is 1. The molecule has 1 atom stereocenters. The lowest BCUT2D eigenvalue weighted by Crippen LogP contribution is -2.52. The summed E-state index contributed by atoms with van der Waals surface area (Å²) < 4.78 is 10.5. The molecule has 0 aromatic heterocycles. The second-order valence-corrected chi connectivity index (χ2v) is 7.64. The molecule has 2 fully saturated rings. The van der Waals surface area contributed by atoms with Crippen LogP contribution in [-0.4, -0.2) is 56.2 Å². The summed E-state index contributed by atoms with van der Waals surface area (Å²) in [5.74, 6) is 1.01. The number of methoxy groups -OCH3 is 1. The van der Waals surface area contributed by atoms with E-state index in [1.54, 1.807) is 7.11 Å². The van der Waals surface area contributed by atoms with Gasteiger partial charge in [0.25, 0.3) is 0 Å². The molecule has 0 aliphatic carbocycles. The van der Waals surface area contributed by atoms with Crippen molar-refractivity contribution in [1.82, 2.24) is 10.2 Å². The fraction of sp³-hybridized carbons (Fsp3) is 0.619. The Balaban J connectivity index is 0.00000300. The van der Waals surface area contributed by atoms with E-state index in [4.69, 9.17) is 15.2 Å². The van der Waals surface area contributed by atoms with Crippen LogP contribution in [0.25, 0.3) is 0 Å². The minimum atomic E-state index is -0.454. The minimum absolute atomic E-state index is 0. The number of amides is 2. The van der Waals surface area contributed by atoms with E-state index >= 15 is 0 Å². The molecule has 0 bridgehead atoms. The zero-order valence-corrected chi connectivity index (χ0v) is 17.8. The number of rotatable bonds is 6. The van der Waals surface area contributed by atoms with E-state index in [1.165, 1.54) is 0 Å². The Hall–Kier alpha value is -1.83. The Morgan fingerprint density at radius 3 is 2.38 bits per heavy atom. The van der Waals surface area contributed by atoms with Gasteiger partial charge in [0.1, 0.15) is 5.75 Å². The third kappa shape index (κ3) is 6.32. The van der Waals surface area contributed by atoms with Gasteiger partial charge in [0, 0.05) is 38.8 Å². The minimum Gasteiger partial charge on any atom is -0.497 e. The molecule has 2 aliphatic heterocycles. The summed E-state index contributed by atoms with van der Waals surface area (Å²) in [6, 6.07) is 7.20. The average molecular weight is 426 g/mol. The summed E-state index contributed by atoms with van der Waals surface area (Å²) in [4.78, 5) is 27.0. The van der Waals surface area contributed by atoms with E-state index in [-0.39, 0.29) is 36.1 Å². The molecule has 1 aromatic rings. The largest absolute Gasteiger partial charge is 0.497 e. The molecule has 0 saturated carbocycles. The van der Waals surface area contributed by atoms with Gasteiger partial charge in [-0.1, -0.05) is 12.1 Å². The molecule has 3 N–H and O–H groups in total. The number of nitrogens with two attached hydrogens (primary N) is 1. The lowest BCUT2D eigenvalue weighted by molar-refractivity contribution is -0.138. The van der Waals surface area contributed by atoms with E-state index in [1.807, 2.05) is 29.2 Å². The Kier molecular flexibility index (Phi) is 9.20. The molecule has 0 radical (unpaired) electrons. The number of likely N-dealkylation sites (tertiary alicyclic amines) is 1. The van der Waals surface area contributed by atoms with Crippen molar-refractivity contribution < 1.29 is 19.1 Å². The number of nitrogens with zero attached hydrogens (tertiary/aromatic N) is 1. The molecular formula is C21H32ClN3O4. The van der Waals surface area contributed by atoms with Crippen molar-refractivity contribution >= 4 is 24.2 Å². The topological polar surface area (TPSA) is 93.9 Å².